The van der Waals surface area contributed by atoms with Crippen molar-refractivity contribution in [3.05, 3.63) is 71.9 Å². The molecule has 132 valence electrons. The first kappa shape index (κ1) is 28.6. The van der Waals surface area contributed by atoms with E-state index in [2.05, 4.69) is 48.5 Å². The number of carboxylic acids is 2. The molecule has 0 saturated heterocycles. The van der Waals surface area contributed by atoms with Gasteiger partial charge >= 0.3 is 23.9 Å². The van der Waals surface area contributed by atoms with E-state index < -0.39 is 23.7 Å². The van der Waals surface area contributed by atoms with Gasteiger partial charge in [-0.25, -0.2) is 0 Å². The Kier molecular flexibility index (Phi) is 23.9. The Hall–Kier alpha value is -1.16. The van der Waals surface area contributed by atoms with E-state index in [-0.39, 0.29) is 23.9 Å². The molecule has 0 aromatic heterocycles. The van der Waals surface area contributed by atoms with Gasteiger partial charge in [0.1, 0.15) is 0 Å². The number of rotatable bonds is 2. The van der Waals surface area contributed by atoms with Crippen molar-refractivity contribution in [3.8, 4) is 0 Å². The van der Waals surface area contributed by atoms with Crippen molar-refractivity contribution in [3.63, 3.8) is 0 Å². The van der Waals surface area contributed by atoms with Crippen LogP contribution in [0.3, 0.4) is 0 Å². The second-order valence-corrected chi connectivity index (χ2v) is 4.70. The summed E-state index contributed by atoms with van der Waals surface area (Å²) in [6, 6.07) is 0. The van der Waals surface area contributed by atoms with Crippen molar-refractivity contribution in [1.82, 2.24) is 0 Å². The molecular formula is C18H18Cl2O4Sn. The van der Waals surface area contributed by atoms with E-state index in [0.717, 1.165) is 0 Å². The molecule has 0 bridgehead atoms. The minimum atomic E-state index is -1.23. The molecule has 2 aliphatic rings. The molecule has 0 fully saturated rings. The van der Waals surface area contributed by atoms with Crippen molar-refractivity contribution >= 4 is 59.0 Å². The average Bonchev–Trinajstić information content (AvgIpc) is 2.58. The largest absolute Gasteiger partial charge is 2.00 e. The Bertz CT molecular complexity index is 528. The maximum Gasteiger partial charge on any atom is 2.00 e. The number of allylic oxidation sites excluding steroid dienone is 6. The van der Waals surface area contributed by atoms with E-state index in [1.165, 1.54) is 11.1 Å². The summed E-state index contributed by atoms with van der Waals surface area (Å²) in [5.74, 6) is -3.29. The molecule has 2 aliphatic carbocycles. The minimum Gasteiger partial charge on any atom is -0.549 e. The van der Waals surface area contributed by atoms with Crippen LogP contribution in [0.25, 0.3) is 0 Å². The van der Waals surface area contributed by atoms with Crippen LogP contribution >= 0.6 is 23.2 Å². The van der Waals surface area contributed by atoms with Crippen molar-refractivity contribution < 1.29 is 19.8 Å². The van der Waals surface area contributed by atoms with Gasteiger partial charge in [-0.2, -0.15) is 0 Å². The summed E-state index contributed by atoms with van der Waals surface area (Å²) < 4.78 is 0. The van der Waals surface area contributed by atoms with Gasteiger partial charge in [0.05, 0.1) is 23.7 Å². The van der Waals surface area contributed by atoms with Crippen LogP contribution in [0.5, 0.6) is 0 Å². The molecule has 25 heavy (non-hydrogen) atoms. The fraction of sp³-hybridized carbons (Fsp3) is 0.222. The predicted octanol–water partition coefficient (Wildman–Crippen LogP) is 1.29. The normalized spacial score (nSPS) is 12.5. The van der Waals surface area contributed by atoms with Gasteiger partial charge in [0.25, 0.3) is 0 Å². The zero-order valence-corrected chi connectivity index (χ0v) is 18.3. The molecule has 0 heterocycles. The van der Waals surface area contributed by atoms with Crippen molar-refractivity contribution in [2.75, 3.05) is 11.8 Å². The number of carbonyl (C=O) groups is 2. The number of aliphatic carboxylic acids is 2. The third kappa shape index (κ3) is 27.9. The molecule has 0 saturated carbocycles. The SMILES string of the molecule is CC1=CC=C=C[CH]1.CC1=CC=C=C[CH]1.O=C([O-])CCl.O=C([O-])CCl.[Sn+2]. The number of hydrogen-bond donors (Lipinski definition) is 0. The summed E-state index contributed by atoms with van der Waals surface area (Å²) in [6.45, 7) is 4.13. The van der Waals surface area contributed by atoms with E-state index in [0.29, 0.717) is 0 Å². The van der Waals surface area contributed by atoms with Crippen LogP contribution in [-0.2, 0) is 9.59 Å². The first-order valence-corrected chi connectivity index (χ1v) is 7.77. The smallest absolute Gasteiger partial charge is 0.549 e. The third-order valence-electron chi connectivity index (χ3n) is 1.99. The summed E-state index contributed by atoms with van der Waals surface area (Å²) in [5, 5.41) is 18.2. The fourth-order valence-electron chi connectivity index (χ4n) is 0.940. The number of carbonyl (C=O) groups excluding carboxylic acids is 2. The van der Waals surface area contributed by atoms with Crippen LogP contribution in [0, 0.1) is 12.8 Å². The van der Waals surface area contributed by atoms with Gasteiger partial charge in [0.15, 0.2) is 0 Å². The number of halogens is 2. The Labute approximate surface area is 175 Å². The van der Waals surface area contributed by atoms with Gasteiger partial charge < -0.3 is 19.8 Å². The Balaban J connectivity index is -0.000000259. The minimum absolute atomic E-state index is 0. The average molecular weight is 488 g/mol. The first-order chi connectivity index (χ1) is 11.3. The molecule has 0 amide bonds. The summed E-state index contributed by atoms with van der Waals surface area (Å²) in [5.41, 5.74) is 8.45. The van der Waals surface area contributed by atoms with Crippen LogP contribution in [0.1, 0.15) is 13.8 Å². The van der Waals surface area contributed by atoms with Crippen molar-refractivity contribution in [2.24, 2.45) is 0 Å². The summed E-state index contributed by atoms with van der Waals surface area (Å²) >= 11 is 9.35. The molecule has 0 atom stereocenters. The number of alkyl halides is 2. The Morgan fingerprint density at radius 2 is 1.12 bits per heavy atom. The molecule has 0 aliphatic heterocycles. The quantitative estimate of drug-likeness (QED) is 0.334. The molecule has 0 unspecified atom stereocenters. The van der Waals surface area contributed by atoms with Gasteiger partial charge in [-0.15, -0.1) is 34.7 Å². The molecule has 2 rings (SSSR count). The zero-order chi connectivity index (χ0) is 18.8. The van der Waals surface area contributed by atoms with Crippen LogP contribution in [-0.4, -0.2) is 47.6 Å². The van der Waals surface area contributed by atoms with Gasteiger partial charge in [0, 0.05) is 12.8 Å². The monoisotopic (exact) mass is 488 g/mol. The van der Waals surface area contributed by atoms with Gasteiger partial charge in [-0.05, 0) is 38.2 Å². The number of hydrogen-bond acceptors (Lipinski definition) is 4. The van der Waals surface area contributed by atoms with E-state index in [1.807, 2.05) is 49.3 Å². The molecule has 0 N–H and O–H groups in total. The van der Waals surface area contributed by atoms with E-state index >= 15 is 0 Å². The zero-order valence-electron chi connectivity index (χ0n) is 13.9. The summed E-state index contributed by atoms with van der Waals surface area (Å²) in [4.78, 5) is 18.2. The standard InChI is InChI=1S/2C7H7.2C2H3ClO2.Sn/c2*1-7-5-3-2-4-6-7;2*3-1-2(4)5;/h2*3-6H,1H3;2*1H2,(H,4,5);/q;;;;+2/p-2. The topological polar surface area (TPSA) is 80.3 Å². The van der Waals surface area contributed by atoms with Crippen molar-refractivity contribution in [1.29, 1.82) is 0 Å². The van der Waals surface area contributed by atoms with E-state index in [4.69, 9.17) is 19.8 Å². The van der Waals surface area contributed by atoms with E-state index in [1.54, 1.807) is 0 Å². The predicted molar refractivity (Wildman–Crippen MR) is 98.6 cm³/mol. The molecular weight excluding hydrogens is 470 g/mol. The van der Waals surface area contributed by atoms with Crippen LogP contribution in [0.15, 0.2) is 59.1 Å². The fourth-order valence-corrected chi connectivity index (χ4v) is 0.940. The first-order valence-electron chi connectivity index (χ1n) is 6.70. The molecule has 0 spiro atoms. The van der Waals surface area contributed by atoms with Gasteiger partial charge in [-0.1, -0.05) is 23.3 Å². The van der Waals surface area contributed by atoms with Crippen molar-refractivity contribution in [2.45, 2.75) is 13.8 Å². The number of carboxylic acid groups (broad SMARTS) is 2. The second kappa shape index (κ2) is 20.9. The maximum atomic E-state index is 9.12. The Morgan fingerprint density at radius 1 is 0.840 bits per heavy atom. The molecule has 0 aromatic carbocycles. The Morgan fingerprint density at radius 3 is 1.20 bits per heavy atom. The van der Waals surface area contributed by atoms with Crippen LogP contribution in [0.2, 0.25) is 0 Å². The molecule has 7 heteroatoms. The summed E-state index contributed by atoms with van der Waals surface area (Å²) in [7, 11) is 0. The van der Waals surface area contributed by atoms with Gasteiger partial charge in [0.2, 0.25) is 0 Å². The maximum absolute atomic E-state index is 9.12. The van der Waals surface area contributed by atoms with Gasteiger partial charge in [-0.3, -0.25) is 0 Å². The second-order valence-electron chi connectivity index (χ2n) is 4.17. The molecule has 4 nitrogen and oxygen atoms in total. The molecule has 0 aromatic rings. The van der Waals surface area contributed by atoms with Crippen LogP contribution < -0.4 is 10.2 Å². The van der Waals surface area contributed by atoms with Crippen LogP contribution in [0.4, 0.5) is 0 Å². The third-order valence-corrected chi connectivity index (χ3v) is 2.42. The van der Waals surface area contributed by atoms with E-state index in [9.17, 15) is 0 Å². The summed E-state index contributed by atoms with van der Waals surface area (Å²) in [6.07, 6.45) is 15.8. The molecule has 4 radical (unpaired) electrons.